The predicted octanol–water partition coefficient (Wildman–Crippen LogP) is 3.77. The van der Waals surface area contributed by atoms with E-state index >= 15 is 0 Å². The van der Waals surface area contributed by atoms with Crippen LogP contribution in [0.15, 0.2) is 48.5 Å². The van der Waals surface area contributed by atoms with Gasteiger partial charge in [-0.25, -0.2) is 4.79 Å². The average Bonchev–Trinajstić information content (AvgIpc) is 3.12. The van der Waals surface area contributed by atoms with Gasteiger partial charge in [-0.05, 0) is 35.1 Å². The molecule has 3 N–H and O–H groups in total. The quantitative estimate of drug-likeness (QED) is 0.571. The van der Waals surface area contributed by atoms with E-state index < -0.39 is 30.4 Å². The molecule has 1 saturated heterocycles. The molecule has 4 rings (SSSR count). The standard InChI is InChI=1S/C25H28N2O5S/c1-15-10-11-16(14-33-15)26-24(30)22(12-23(28)29)27-25(31)32-13-21-19-8-4-2-6-17(19)18-7-3-5-9-20(18)21/h2-9,15-16,21-22H,10-14H2,1H3,(H,26,30)(H,27,31)(H,28,29). The largest absolute Gasteiger partial charge is 0.481 e. The fraction of sp³-hybridized carbons (Fsp3) is 0.400. The third-order valence-corrected chi connectivity index (χ3v) is 7.58. The topological polar surface area (TPSA) is 105 Å². The van der Waals surface area contributed by atoms with E-state index in [1.165, 1.54) is 0 Å². The van der Waals surface area contributed by atoms with Gasteiger partial charge in [0.2, 0.25) is 5.91 Å². The van der Waals surface area contributed by atoms with Gasteiger partial charge < -0.3 is 20.5 Å². The number of aliphatic carboxylic acids is 1. The summed E-state index contributed by atoms with van der Waals surface area (Å²) in [6.45, 7) is 2.24. The van der Waals surface area contributed by atoms with Crippen LogP contribution >= 0.6 is 11.8 Å². The van der Waals surface area contributed by atoms with Crippen LogP contribution in [0.25, 0.3) is 11.1 Å². The van der Waals surface area contributed by atoms with E-state index in [1.807, 2.05) is 48.5 Å². The Morgan fingerprint density at radius 1 is 1.06 bits per heavy atom. The summed E-state index contributed by atoms with van der Waals surface area (Å²) in [6.07, 6.45) is 0.514. The molecule has 0 radical (unpaired) electrons. The molecule has 3 unspecified atom stereocenters. The highest BCUT2D eigenvalue weighted by molar-refractivity contribution is 7.99. The van der Waals surface area contributed by atoms with Crippen molar-refractivity contribution in [2.45, 2.75) is 49.4 Å². The number of carbonyl (C=O) groups is 3. The van der Waals surface area contributed by atoms with Crippen LogP contribution in [0.3, 0.4) is 0 Å². The van der Waals surface area contributed by atoms with Crippen LogP contribution in [-0.2, 0) is 14.3 Å². The number of nitrogens with one attached hydrogen (secondary N) is 2. The summed E-state index contributed by atoms with van der Waals surface area (Å²) in [6, 6.07) is 14.8. The van der Waals surface area contributed by atoms with Crippen molar-refractivity contribution < 1.29 is 24.2 Å². The normalized spacial score (nSPS) is 20.3. The zero-order valence-corrected chi connectivity index (χ0v) is 19.3. The van der Waals surface area contributed by atoms with Crippen molar-refractivity contribution in [2.24, 2.45) is 0 Å². The Morgan fingerprint density at radius 2 is 1.70 bits per heavy atom. The molecule has 7 nitrogen and oxygen atoms in total. The van der Waals surface area contributed by atoms with E-state index in [0.29, 0.717) is 5.25 Å². The Bertz CT molecular complexity index is 989. The second kappa shape index (κ2) is 10.3. The first-order valence-corrected chi connectivity index (χ1v) is 12.2. The van der Waals surface area contributed by atoms with Gasteiger partial charge in [-0.1, -0.05) is 55.5 Å². The van der Waals surface area contributed by atoms with E-state index in [0.717, 1.165) is 40.8 Å². The van der Waals surface area contributed by atoms with Gasteiger partial charge in [-0.3, -0.25) is 9.59 Å². The third kappa shape index (κ3) is 5.50. The lowest BCUT2D eigenvalue weighted by molar-refractivity contribution is -0.140. The van der Waals surface area contributed by atoms with Gasteiger partial charge in [-0.2, -0.15) is 11.8 Å². The first-order valence-electron chi connectivity index (χ1n) is 11.2. The minimum Gasteiger partial charge on any atom is -0.481 e. The van der Waals surface area contributed by atoms with Crippen LogP contribution in [0.4, 0.5) is 4.79 Å². The molecule has 1 fully saturated rings. The van der Waals surface area contributed by atoms with Gasteiger partial charge in [0.05, 0.1) is 6.42 Å². The minimum atomic E-state index is -1.19. The number of ether oxygens (including phenoxy) is 1. The Hall–Kier alpha value is -3.00. The van der Waals surface area contributed by atoms with E-state index in [1.54, 1.807) is 11.8 Å². The van der Waals surface area contributed by atoms with Crippen molar-refractivity contribution in [3.63, 3.8) is 0 Å². The summed E-state index contributed by atoms with van der Waals surface area (Å²) >= 11 is 1.78. The van der Waals surface area contributed by atoms with Crippen LogP contribution < -0.4 is 10.6 Å². The Kier molecular flexibility index (Phi) is 7.23. The zero-order chi connectivity index (χ0) is 23.4. The maximum absolute atomic E-state index is 12.7. The van der Waals surface area contributed by atoms with Gasteiger partial charge in [0.1, 0.15) is 12.6 Å². The van der Waals surface area contributed by atoms with Crippen LogP contribution in [0, 0.1) is 0 Å². The number of fused-ring (bicyclic) bond motifs is 3. The summed E-state index contributed by atoms with van der Waals surface area (Å²) in [5.74, 6) is -1.000. The molecule has 3 atom stereocenters. The first-order chi connectivity index (χ1) is 15.9. The minimum absolute atomic E-state index is 0.0284. The molecule has 1 aliphatic carbocycles. The van der Waals surface area contributed by atoms with Gasteiger partial charge in [0.25, 0.3) is 0 Å². The van der Waals surface area contributed by atoms with Gasteiger partial charge in [-0.15, -0.1) is 0 Å². The molecular weight excluding hydrogens is 440 g/mol. The van der Waals surface area contributed by atoms with Crippen molar-refractivity contribution in [1.29, 1.82) is 0 Å². The molecule has 2 aromatic rings. The van der Waals surface area contributed by atoms with Crippen LogP contribution in [0.1, 0.15) is 43.2 Å². The van der Waals surface area contributed by atoms with Crippen LogP contribution in [0.5, 0.6) is 0 Å². The zero-order valence-electron chi connectivity index (χ0n) is 18.5. The number of benzene rings is 2. The van der Waals surface area contributed by atoms with Crippen molar-refractivity contribution in [3.05, 3.63) is 59.7 Å². The molecule has 0 saturated carbocycles. The molecular formula is C25H28N2O5S. The molecule has 8 heteroatoms. The number of hydrogen-bond acceptors (Lipinski definition) is 5. The lowest BCUT2D eigenvalue weighted by Crippen LogP contribution is -2.51. The molecule has 33 heavy (non-hydrogen) atoms. The Morgan fingerprint density at radius 3 is 2.27 bits per heavy atom. The number of alkyl carbamates (subject to hydrolysis) is 1. The fourth-order valence-electron chi connectivity index (χ4n) is 4.46. The summed E-state index contributed by atoms with van der Waals surface area (Å²) in [5, 5.41) is 15.1. The van der Waals surface area contributed by atoms with Crippen molar-refractivity contribution in [3.8, 4) is 11.1 Å². The van der Waals surface area contributed by atoms with Crippen LogP contribution in [-0.4, -0.2) is 52.8 Å². The van der Waals surface area contributed by atoms with E-state index in [2.05, 4.69) is 17.6 Å². The van der Waals surface area contributed by atoms with Crippen molar-refractivity contribution in [2.75, 3.05) is 12.4 Å². The molecule has 1 heterocycles. The van der Waals surface area contributed by atoms with Crippen molar-refractivity contribution in [1.82, 2.24) is 10.6 Å². The van der Waals surface area contributed by atoms with E-state index in [9.17, 15) is 19.5 Å². The molecule has 2 aliphatic rings. The Labute approximate surface area is 197 Å². The summed E-state index contributed by atoms with van der Waals surface area (Å²) in [7, 11) is 0. The molecule has 2 aromatic carbocycles. The molecule has 174 valence electrons. The number of hydrogen-bond donors (Lipinski definition) is 3. The van der Waals surface area contributed by atoms with Gasteiger partial charge in [0.15, 0.2) is 0 Å². The number of carboxylic acid groups (broad SMARTS) is 1. The molecule has 0 spiro atoms. The number of thioether (sulfide) groups is 1. The monoisotopic (exact) mass is 468 g/mol. The lowest BCUT2D eigenvalue weighted by atomic mass is 9.98. The second-order valence-electron chi connectivity index (χ2n) is 8.55. The van der Waals surface area contributed by atoms with E-state index in [-0.39, 0.29) is 18.6 Å². The van der Waals surface area contributed by atoms with Gasteiger partial charge in [0, 0.05) is 23.0 Å². The first kappa shape index (κ1) is 23.2. The lowest BCUT2D eigenvalue weighted by Gasteiger charge is -2.28. The maximum Gasteiger partial charge on any atom is 0.407 e. The molecule has 0 bridgehead atoms. The highest BCUT2D eigenvalue weighted by Gasteiger charge is 2.31. The molecule has 2 amide bonds. The highest BCUT2D eigenvalue weighted by atomic mass is 32.2. The SMILES string of the molecule is CC1CCC(NC(=O)C(CC(=O)O)NC(=O)OCC2c3ccccc3-c3ccccc32)CS1. The van der Waals surface area contributed by atoms with E-state index in [4.69, 9.17) is 4.74 Å². The number of carbonyl (C=O) groups excluding carboxylic acids is 2. The predicted molar refractivity (Wildman–Crippen MR) is 127 cm³/mol. The average molecular weight is 469 g/mol. The number of amides is 2. The van der Waals surface area contributed by atoms with Crippen LogP contribution in [0.2, 0.25) is 0 Å². The number of rotatable bonds is 7. The summed E-state index contributed by atoms with van der Waals surface area (Å²) in [4.78, 5) is 36.5. The van der Waals surface area contributed by atoms with Crippen molar-refractivity contribution >= 4 is 29.7 Å². The maximum atomic E-state index is 12.7. The fourth-order valence-corrected chi connectivity index (χ4v) is 5.58. The molecule has 0 aromatic heterocycles. The highest BCUT2D eigenvalue weighted by Crippen LogP contribution is 2.44. The second-order valence-corrected chi connectivity index (χ2v) is 10.0. The van der Waals surface area contributed by atoms with Gasteiger partial charge >= 0.3 is 12.1 Å². The summed E-state index contributed by atoms with van der Waals surface area (Å²) in [5.41, 5.74) is 4.39. The smallest absolute Gasteiger partial charge is 0.407 e. The summed E-state index contributed by atoms with van der Waals surface area (Å²) < 4.78 is 5.48. The third-order valence-electron chi connectivity index (χ3n) is 6.18. The molecule has 1 aliphatic heterocycles. The number of carboxylic acids is 1. The Balaban J connectivity index is 1.38.